The normalized spacial score (nSPS) is 12.2. The van der Waals surface area contributed by atoms with Crippen LogP contribution in [0.5, 0.6) is 11.5 Å². The molecule has 0 radical (unpaired) electrons. The minimum absolute atomic E-state index is 0.0471. The van der Waals surface area contributed by atoms with E-state index in [1.54, 1.807) is 24.3 Å². The molecule has 0 unspecified atom stereocenters. The molecule has 0 aliphatic rings. The van der Waals surface area contributed by atoms with Crippen LogP contribution in [0.1, 0.15) is 23.5 Å². The molecule has 0 aliphatic heterocycles. The molecule has 3 rings (SSSR count). The number of benzene rings is 2. The van der Waals surface area contributed by atoms with Crippen LogP contribution in [0.3, 0.4) is 0 Å². The lowest BCUT2D eigenvalue weighted by Gasteiger charge is -2.18. The van der Waals surface area contributed by atoms with Gasteiger partial charge >= 0.3 is 5.97 Å². The zero-order valence-electron chi connectivity index (χ0n) is 12.3. The lowest BCUT2D eigenvalue weighted by Crippen LogP contribution is -2.11. The van der Waals surface area contributed by atoms with Gasteiger partial charge in [-0.15, -0.1) is 0 Å². The van der Waals surface area contributed by atoms with Crippen molar-refractivity contribution in [2.24, 2.45) is 0 Å². The summed E-state index contributed by atoms with van der Waals surface area (Å²) in [6.07, 6.45) is 0.0471. The van der Waals surface area contributed by atoms with Crippen molar-refractivity contribution in [3.63, 3.8) is 0 Å². The Bertz CT molecular complexity index is 845. The number of phenolic OH excluding ortho intramolecular Hbond substituents is 2. The largest absolute Gasteiger partial charge is 0.508 e. The number of carbonyl (C=O) groups is 1. The van der Waals surface area contributed by atoms with E-state index in [4.69, 9.17) is 4.74 Å². The van der Waals surface area contributed by atoms with Crippen LogP contribution in [-0.2, 0) is 9.53 Å². The summed E-state index contributed by atoms with van der Waals surface area (Å²) in [5.41, 5.74) is 2.53. The SMILES string of the molecule is COC(=O)C[C@@H](c1ccc(O)cc1)c1c(O)ccc2nsnc12. The lowest BCUT2D eigenvalue weighted by atomic mass is 9.87. The molecule has 7 heteroatoms. The quantitative estimate of drug-likeness (QED) is 0.715. The first-order valence-corrected chi connectivity index (χ1v) is 7.63. The highest BCUT2D eigenvalue weighted by Crippen LogP contribution is 2.38. The van der Waals surface area contributed by atoms with Crippen molar-refractivity contribution in [3.8, 4) is 11.5 Å². The van der Waals surface area contributed by atoms with E-state index in [1.807, 2.05) is 0 Å². The lowest BCUT2D eigenvalue weighted by molar-refractivity contribution is -0.140. The standard InChI is InChI=1S/C16H14N2O4S/c1-22-14(21)8-11(9-2-4-10(19)5-3-9)15-13(20)7-6-12-16(15)18-23-17-12/h2-7,11,19-20H,8H2,1H3/t11-/m0/s1. The zero-order chi connectivity index (χ0) is 16.4. The zero-order valence-corrected chi connectivity index (χ0v) is 13.1. The average Bonchev–Trinajstić information content (AvgIpc) is 3.02. The van der Waals surface area contributed by atoms with Crippen molar-refractivity contribution in [1.29, 1.82) is 0 Å². The van der Waals surface area contributed by atoms with Crippen molar-refractivity contribution in [1.82, 2.24) is 8.75 Å². The fourth-order valence-corrected chi connectivity index (χ4v) is 3.10. The molecule has 0 fully saturated rings. The molecule has 1 atom stereocenters. The molecule has 0 saturated heterocycles. The molecule has 0 spiro atoms. The number of hydrogen-bond donors (Lipinski definition) is 2. The first-order valence-electron chi connectivity index (χ1n) is 6.90. The summed E-state index contributed by atoms with van der Waals surface area (Å²) in [6, 6.07) is 9.72. The number of nitrogens with zero attached hydrogens (tertiary/aromatic N) is 2. The topological polar surface area (TPSA) is 92.5 Å². The summed E-state index contributed by atoms with van der Waals surface area (Å²) in [7, 11) is 1.32. The third kappa shape index (κ3) is 2.95. The van der Waals surface area contributed by atoms with Gasteiger partial charge in [-0.3, -0.25) is 4.79 Å². The smallest absolute Gasteiger partial charge is 0.306 e. The second kappa shape index (κ2) is 6.21. The van der Waals surface area contributed by atoms with Gasteiger partial charge in [0, 0.05) is 11.5 Å². The van der Waals surface area contributed by atoms with Crippen molar-refractivity contribution in [2.75, 3.05) is 7.11 Å². The van der Waals surface area contributed by atoms with Crippen LogP contribution >= 0.6 is 11.7 Å². The van der Waals surface area contributed by atoms with E-state index in [0.29, 0.717) is 16.6 Å². The van der Waals surface area contributed by atoms with Gasteiger partial charge in [0.15, 0.2) is 0 Å². The Hall–Kier alpha value is -2.67. The molecule has 1 aromatic heterocycles. The molecule has 2 aromatic carbocycles. The number of ether oxygens (including phenoxy) is 1. The molecule has 0 amide bonds. The Morgan fingerprint density at radius 1 is 1.17 bits per heavy atom. The van der Waals surface area contributed by atoms with Crippen molar-refractivity contribution in [3.05, 3.63) is 47.5 Å². The number of esters is 1. The van der Waals surface area contributed by atoms with Gasteiger partial charge in [-0.05, 0) is 29.8 Å². The number of aromatic hydroxyl groups is 2. The summed E-state index contributed by atoms with van der Waals surface area (Å²) >= 11 is 1.05. The van der Waals surface area contributed by atoms with Gasteiger partial charge in [-0.2, -0.15) is 8.75 Å². The molecule has 2 N–H and O–H groups in total. The summed E-state index contributed by atoms with van der Waals surface area (Å²) < 4.78 is 13.2. The first-order chi connectivity index (χ1) is 11.1. The second-order valence-electron chi connectivity index (χ2n) is 5.05. The third-order valence-electron chi connectivity index (χ3n) is 3.69. The van der Waals surface area contributed by atoms with Gasteiger partial charge in [0.2, 0.25) is 0 Å². The van der Waals surface area contributed by atoms with Gasteiger partial charge in [0.1, 0.15) is 22.5 Å². The molecule has 3 aromatic rings. The Morgan fingerprint density at radius 2 is 1.91 bits per heavy atom. The fourth-order valence-electron chi connectivity index (χ4n) is 2.55. The number of aromatic nitrogens is 2. The Labute approximate surface area is 136 Å². The Morgan fingerprint density at radius 3 is 2.61 bits per heavy atom. The van der Waals surface area contributed by atoms with Gasteiger partial charge in [0.25, 0.3) is 0 Å². The second-order valence-corrected chi connectivity index (χ2v) is 5.58. The minimum Gasteiger partial charge on any atom is -0.508 e. The maximum Gasteiger partial charge on any atom is 0.306 e. The summed E-state index contributed by atoms with van der Waals surface area (Å²) in [5, 5.41) is 19.8. The molecule has 0 saturated carbocycles. The molecule has 0 aliphatic carbocycles. The number of fused-ring (bicyclic) bond motifs is 1. The Kier molecular flexibility index (Phi) is 4.12. The molecule has 118 valence electrons. The molecule has 6 nitrogen and oxygen atoms in total. The highest BCUT2D eigenvalue weighted by Gasteiger charge is 2.25. The van der Waals surface area contributed by atoms with Crippen LogP contribution in [0.15, 0.2) is 36.4 Å². The monoisotopic (exact) mass is 330 g/mol. The van der Waals surface area contributed by atoms with E-state index in [0.717, 1.165) is 17.3 Å². The van der Waals surface area contributed by atoms with Crippen LogP contribution in [0.25, 0.3) is 11.0 Å². The molecular formula is C16H14N2O4S. The van der Waals surface area contributed by atoms with Crippen molar-refractivity contribution in [2.45, 2.75) is 12.3 Å². The van der Waals surface area contributed by atoms with Crippen LogP contribution in [-0.4, -0.2) is 32.0 Å². The average molecular weight is 330 g/mol. The molecule has 1 heterocycles. The maximum absolute atomic E-state index is 11.8. The van der Waals surface area contributed by atoms with Gasteiger partial charge in [-0.25, -0.2) is 0 Å². The minimum atomic E-state index is -0.448. The van der Waals surface area contributed by atoms with Crippen LogP contribution < -0.4 is 0 Å². The summed E-state index contributed by atoms with van der Waals surface area (Å²) in [4.78, 5) is 11.8. The number of hydrogen-bond acceptors (Lipinski definition) is 7. The van der Waals surface area contributed by atoms with E-state index >= 15 is 0 Å². The fraction of sp³-hybridized carbons (Fsp3) is 0.188. The van der Waals surface area contributed by atoms with E-state index in [2.05, 4.69) is 8.75 Å². The molecule has 23 heavy (non-hydrogen) atoms. The van der Waals surface area contributed by atoms with E-state index in [-0.39, 0.29) is 17.9 Å². The maximum atomic E-state index is 11.8. The Balaban J connectivity index is 2.17. The molecular weight excluding hydrogens is 316 g/mol. The highest BCUT2D eigenvalue weighted by atomic mass is 32.1. The highest BCUT2D eigenvalue weighted by molar-refractivity contribution is 7.00. The third-order valence-corrected chi connectivity index (χ3v) is 4.23. The number of carbonyl (C=O) groups excluding carboxylic acids is 1. The van der Waals surface area contributed by atoms with Crippen molar-refractivity contribution < 1.29 is 19.7 Å². The summed E-state index contributed by atoms with van der Waals surface area (Å²) in [6.45, 7) is 0. The first kappa shape index (κ1) is 15.2. The predicted molar refractivity (Wildman–Crippen MR) is 85.7 cm³/mol. The van der Waals surface area contributed by atoms with Crippen LogP contribution in [0, 0.1) is 0 Å². The number of rotatable bonds is 4. The van der Waals surface area contributed by atoms with Crippen molar-refractivity contribution >= 4 is 28.7 Å². The van der Waals surface area contributed by atoms with Gasteiger partial charge < -0.3 is 14.9 Å². The summed E-state index contributed by atoms with van der Waals surface area (Å²) in [5.74, 6) is -0.672. The van der Waals surface area contributed by atoms with Crippen LogP contribution in [0.4, 0.5) is 0 Å². The number of phenols is 2. The van der Waals surface area contributed by atoms with E-state index < -0.39 is 11.9 Å². The van der Waals surface area contributed by atoms with E-state index in [1.165, 1.54) is 19.2 Å². The van der Waals surface area contributed by atoms with Crippen LogP contribution in [0.2, 0.25) is 0 Å². The molecule has 0 bridgehead atoms. The van der Waals surface area contributed by atoms with Gasteiger partial charge in [0.05, 0.1) is 25.3 Å². The number of methoxy groups -OCH3 is 1. The predicted octanol–water partition coefficient (Wildman–Crippen LogP) is 2.80. The van der Waals surface area contributed by atoms with E-state index in [9.17, 15) is 15.0 Å². The van der Waals surface area contributed by atoms with Gasteiger partial charge in [-0.1, -0.05) is 12.1 Å².